The maximum atomic E-state index is 13.9. The summed E-state index contributed by atoms with van der Waals surface area (Å²) in [5, 5.41) is 3.64. The summed E-state index contributed by atoms with van der Waals surface area (Å²) in [6.45, 7) is 0.463. The average Bonchev–Trinajstić information content (AvgIpc) is 3.28. The summed E-state index contributed by atoms with van der Waals surface area (Å²) in [6.07, 6.45) is 5.36. The molecule has 0 radical (unpaired) electrons. The highest BCUT2D eigenvalue weighted by atomic mass is 79.9. The van der Waals surface area contributed by atoms with Gasteiger partial charge < -0.3 is 14.8 Å². The minimum atomic E-state index is -0.192. The smallest absolute Gasteiger partial charge is 0.175 e. The van der Waals surface area contributed by atoms with Crippen LogP contribution in [0.4, 0.5) is 10.1 Å². The van der Waals surface area contributed by atoms with Crippen molar-refractivity contribution < 1.29 is 13.9 Å². The van der Waals surface area contributed by atoms with Gasteiger partial charge in [-0.2, -0.15) is 0 Å². The molecule has 158 valence electrons. The first-order chi connectivity index (χ1) is 15.1. The summed E-state index contributed by atoms with van der Waals surface area (Å²) in [4.78, 5) is 0. The van der Waals surface area contributed by atoms with Crippen molar-refractivity contribution in [2.24, 2.45) is 5.92 Å². The van der Waals surface area contributed by atoms with E-state index in [0.717, 1.165) is 33.3 Å². The van der Waals surface area contributed by atoms with Gasteiger partial charge in [-0.05, 0) is 75.3 Å². The van der Waals surface area contributed by atoms with E-state index >= 15 is 0 Å². The van der Waals surface area contributed by atoms with Crippen molar-refractivity contribution in [3.8, 4) is 11.5 Å². The minimum absolute atomic E-state index is 0.0892. The summed E-state index contributed by atoms with van der Waals surface area (Å²) in [5.41, 5.74) is 4.23. The number of hydrogen-bond acceptors (Lipinski definition) is 3. The van der Waals surface area contributed by atoms with Crippen LogP contribution >= 0.6 is 15.9 Å². The van der Waals surface area contributed by atoms with Gasteiger partial charge in [-0.3, -0.25) is 0 Å². The van der Waals surface area contributed by atoms with E-state index in [1.54, 1.807) is 13.2 Å². The molecule has 2 aliphatic rings. The molecule has 31 heavy (non-hydrogen) atoms. The van der Waals surface area contributed by atoms with Crippen LogP contribution in [-0.4, -0.2) is 7.11 Å². The molecular weight excluding hydrogens is 457 g/mol. The molecular formula is C26H23BrFNO2. The van der Waals surface area contributed by atoms with Gasteiger partial charge in [0.05, 0.1) is 17.6 Å². The number of fused-ring (bicyclic) bond motifs is 3. The van der Waals surface area contributed by atoms with E-state index in [0.29, 0.717) is 24.0 Å². The molecule has 0 amide bonds. The maximum absolute atomic E-state index is 13.9. The van der Waals surface area contributed by atoms with E-state index < -0.39 is 0 Å². The van der Waals surface area contributed by atoms with Gasteiger partial charge in [0, 0.05) is 11.6 Å². The van der Waals surface area contributed by atoms with Crippen molar-refractivity contribution >= 4 is 21.6 Å². The molecule has 5 rings (SSSR count). The molecule has 0 aromatic heterocycles. The van der Waals surface area contributed by atoms with Gasteiger partial charge in [0.15, 0.2) is 11.5 Å². The lowest BCUT2D eigenvalue weighted by atomic mass is 9.77. The maximum Gasteiger partial charge on any atom is 0.175 e. The number of ether oxygens (including phenoxy) is 2. The van der Waals surface area contributed by atoms with Crippen molar-refractivity contribution in [2.45, 2.75) is 25.0 Å². The van der Waals surface area contributed by atoms with Crippen LogP contribution in [0.5, 0.6) is 11.5 Å². The molecule has 1 N–H and O–H groups in total. The SMILES string of the molecule is COc1cc([C@@H]2Nc3ccc(F)cc3[C@@H]3C=CC[C@@H]32)cc(Br)c1OCc1ccccc1. The minimum Gasteiger partial charge on any atom is -0.493 e. The van der Waals surface area contributed by atoms with Gasteiger partial charge in [0.25, 0.3) is 0 Å². The molecule has 0 spiro atoms. The highest BCUT2D eigenvalue weighted by Crippen LogP contribution is 2.51. The van der Waals surface area contributed by atoms with Gasteiger partial charge >= 0.3 is 0 Å². The third-order valence-corrected chi connectivity index (χ3v) is 6.75. The molecule has 3 nitrogen and oxygen atoms in total. The number of rotatable bonds is 5. The molecule has 0 fully saturated rings. The Labute approximate surface area is 190 Å². The zero-order chi connectivity index (χ0) is 21.4. The first-order valence-corrected chi connectivity index (χ1v) is 11.2. The molecule has 0 saturated heterocycles. The number of allylic oxidation sites excluding steroid dienone is 2. The van der Waals surface area contributed by atoms with E-state index in [2.05, 4.69) is 39.5 Å². The third kappa shape index (κ3) is 3.83. The Kier molecular flexibility index (Phi) is 5.45. The predicted molar refractivity (Wildman–Crippen MR) is 124 cm³/mol. The van der Waals surface area contributed by atoms with Crippen LogP contribution in [0.15, 0.2) is 77.3 Å². The van der Waals surface area contributed by atoms with Crippen molar-refractivity contribution in [3.05, 3.63) is 99.8 Å². The Morgan fingerprint density at radius 1 is 1.10 bits per heavy atom. The van der Waals surface area contributed by atoms with Gasteiger partial charge in [-0.15, -0.1) is 0 Å². The standard InChI is InChI=1S/C26H23BrFNO2/c1-30-24-13-17(12-22(27)26(24)31-15-16-6-3-2-4-7-16)25-20-9-5-8-19(20)21-14-18(28)10-11-23(21)29-25/h2-8,10-14,19-20,25,29H,9,15H2,1H3/t19-,20+,25+/m1/s1. The van der Waals surface area contributed by atoms with Crippen molar-refractivity contribution in [1.29, 1.82) is 0 Å². The number of halogens is 2. The lowest BCUT2D eigenvalue weighted by Gasteiger charge is -2.37. The topological polar surface area (TPSA) is 30.5 Å². The van der Waals surface area contributed by atoms with Gasteiger partial charge in [-0.25, -0.2) is 4.39 Å². The first-order valence-electron chi connectivity index (χ1n) is 10.4. The highest BCUT2D eigenvalue weighted by Gasteiger charge is 2.38. The van der Waals surface area contributed by atoms with Crippen LogP contribution in [0.25, 0.3) is 0 Å². The number of hydrogen-bond donors (Lipinski definition) is 1. The van der Waals surface area contributed by atoms with Gasteiger partial charge in [0.1, 0.15) is 12.4 Å². The van der Waals surface area contributed by atoms with E-state index in [1.165, 1.54) is 6.07 Å². The van der Waals surface area contributed by atoms with Crippen LogP contribution < -0.4 is 14.8 Å². The Morgan fingerprint density at radius 2 is 1.94 bits per heavy atom. The highest BCUT2D eigenvalue weighted by molar-refractivity contribution is 9.10. The summed E-state index contributed by atoms with van der Waals surface area (Å²) in [6, 6.07) is 19.3. The molecule has 1 aliphatic heterocycles. The molecule has 1 aliphatic carbocycles. The largest absolute Gasteiger partial charge is 0.493 e. The fourth-order valence-electron chi connectivity index (χ4n) is 4.68. The van der Waals surface area contributed by atoms with Crippen LogP contribution in [0, 0.1) is 11.7 Å². The first kappa shape index (κ1) is 20.1. The summed E-state index contributed by atoms with van der Waals surface area (Å²) in [7, 11) is 1.66. The fraction of sp³-hybridized carbons (Fsp3) is 0.231. The second-order valence-corrected chi connectivity index (χ2v) is 8.87. The van der Waals surface area contributed by atoms with Crippen LogP contribution in [0.1, 0.15) is 35.1 Å². The van der Waals surface area contributed by atoms with Crippen molar-refractivity contribution in [3.63, 3.8) is 0 Å². The third-order valence-electron chi connectivity index (χ3n) is 6.16. The second-order valence-electron chi connectivity index (χ2n) is 8.02. The van der Waals surface area contributed by atoms with E-state index in [4.69, 9.17) is 9.47 Å². The quantitative estimate of drug-likeness (QED) is 0.399. The number of nitrogens with one attached hydrogen (secondary N) is 1. The molecule has 1 heterocycles. The van der Waals surface area contributed by atoms with E-state index in [9.17, 15) is 4.39 Å². The average molecular weight is 480 g/mol. The molecule has 3 aromatic carbocycles. The van der Waals surface area contributed by atoms with Crippen LogP contribution in [-0.2, 0) is 6.61 Å². The van der Waals surface area contributed by atoms with E-state index in [1.807, 2.05) is 42.5 Å². The Balaban J connectivity index is 1.46. The summed E-state index contributed by atoms with van der Waals surface area (Å²) >= 11 is 3.69. The number of methoxy groups -OCH3 is 1. The summed E-state index contributed by atoms with van der Waals surface area (Å²) < 4.78 is 26.5. The van der Waals surface area contributed by atoms with Gasteiger partial charge in [-0.1, -0.05) is 42.5 Å². The molecule has 3 atom stereocenters. The van der Waals surface area contributed by atoms with Crippen molar-refractivity contribution in [1.82, 2.24) is 0 Å². The Bertz CT molecular complexity index is 1130. The second kappa shape index (κ2) is 8.39. The molecule has 3 aromatic rings. The monoisotopic (exact) mass is 479 g/mol. The fourth-order valence-corrected chi connectivity index (χ4v) is 5.26. The van der Waals surface area contributed by atoms with Gasteiger partial charge in [0.2, 0.25) is 0 Å². The van der Waals surface area contributed by atoms with Crippen molar-refractivity contribution in [2.75, 3.05) is 12.4 Å². The van der Waals surface area contributed by atoms with Crippen LogP contribution in [0.3, 0.4) is 0 Å². The molecule has 0 unspecified atom stereocenters. The molecule has 0 saturated carbocycles. The Morgan fingerprint density at radius 3 is 2.74 bits per heavy atom. The number of anilines is 1. The molecule has 0 bridgehead atoms. The normalized spacial score (nSPS) is 21.2. The number of benzene rings is 3. The summed E-state index contributed by atoms with van der Waals surface area (Å²) in [5.74, 6) is 1.71. The molecule has 5 heteroatoms. The van der Waals surface area contributed by atoms with Crippen LogP contribution in [0.2, 0.25) is 0 Å². The zero-order valence-electron chi connectivity index (χ0n) is 17.1. The Hall–Kier alpha value is -2.79. The zero-order valence-corrected chi connectivity index (χ0v) is 18.7. The van der Waals surface area contributed by atoms with E-state index in [-0.39, 0.29) is 17.8 Å². The predicted octanol–water partition coefficient (Wildman–Crippen LogP) is 7.00. The lowest BCUT2D eigenvalue weighted by Crippen LogP contribution is -2.29. The lowest BCUT2D eigenvalue weighted by molar-refractivity contribution is 0.282.